The van der Waals surface area contributed by atoms with E-state index in [4.69, 9.17) is 4.74 Å². The van der Waals surface area contributed by atoms with E-state index in [1.54, 1.807) is 19.2 Å². The van der Waals surface area contributed by atoms with Crippen LogP contribution in [-0.2, 0) is 0 Å². The minimum atomic E-state index is -0.371. The number of nitro benzene ring substituents is 1. The summed E-state index contributed by atoms with van der Waals surface area (Å²) in [6.45, 7) is 1.90. The van der Waals surface area contributed by atoms with E-state index in [2.05, 4.69) is 15.9 Å². The maximum atomic E-state index is 11.1. The fourth-order valence-electron chi connectivity index (χ4n) is 1.82. The third kappa shape index (κ3) is 2.76. The molecule has 0 aliphatic rings. The first-order chi connectivity index (χ1) is 9.02. The fourth-order valence-corrected chi connectivity index (χ4v) is 2.16. The Labute approximate surface area is 119 Å². The Balaban J connectivity index is 2.59. The Bertz CT molecular complexity index is 623. The molecule has 0 spiro atoms. The predicted molar refractivity (Wildman–Crippen MR) is 77.5 cm³/mol. The lowest BCUT2D eigenvalue weighted by Gasteiger charge is -2.07. The molecule has 0 amide bonds. The molecule has 2 aromatic carbocycles. The third-order valence-electron chi connectivity index (χ3n) is 2.87. The second-order valence-electron chi connectivity index (χ2n) is 4.10. The number of benzene rings is 2. The first-order valence-electron chi connectivity index (χ1n) is 5.62. The molecule has 0 saturated heterocycles. The van der Waals surface area contributed by atoms with Crippen LogP contribution in [0.15, 0.2) is 40.9 Å². The number of hydrogen-bond acceptors (Lipinski definition) is 3. The molecule has 0 aliphatic heterocycles. The van der Waals surface area contributed by atoms with Crippen LogP contribution >= 0.6 is 15.9 Å². The lowest BCUT2D eigenvalue weighted by atomic mass is 10.0. The van der Waals surface area contributed by atoms with Gasteiger partial charge >= 0.3 is 0 Å². The largest absolute Gasteiger partial charge is 0.497 e. The normalized spacial score (nSPS) is 10.3. The number of ether oxygens (including phenoxy) is 1. The van der Waals surface area contributed by atoms with E-state index >= 15 is 0 Å². The van der Waals surface area contributed by atoms with Gasteiger partial charge in [0.1, 0.15) is 5.75 Å². The molecular formula is C14H12BrNO3. The molecule has 0 bridgehead atoms. The van der Waals surface area contributed by atoms with Crippen LogP contribution in [-0.4, -0.2) is 12.0 Å². The van der Waals surface area contributed by atoms with Gasteiger partial charge < -0.3 is 4.74 Å². The maximum Gasteiger partial charge on any atom is 0.278 e. The molecule has 0 aromatic heterocycles. The topological polar surface area (TPSA) is 52.4 Å². The van der Waals surface area contributed by atoms with Crippen LogP contribution in [0.5, 0.6) is 5.75 Å². The monoisotopic (exact) mass is 321 g/mol. The summed E-state index contributed by atoms with van der Waals surface area (Å²) in [6.07, 6.45) is 0. The van der Waals surface area contributed by atoms with Gasteiger partial charge in [0, 0.05) is 10.5 Å². The first-order valence-corrected chi connectivity index (χ1v) is 6.41. The Kier molecular flexibility index (Phi) is 3.85. The van der Waals surface area contributed by atoms with Gasteiger partial charge in [0.2, 0.25) is 0 Å². The summed E-state index contributed by atoms with van der Waals surface area (Å²) in [4.78, 5) is 10.8. The van der Waals surface area contributed by atoms with Crippen LogP contribution in [0.25, 0.3) is 11.1 Å². The quantitative estimate of drug-likeness (QED) is 0.624. The first kappa shape index (κ1) is 13.5. The molecule has 2 rings (SSSR count). The van der Waals surface area contributed by atoms with Gasteiger partial charge in [0.05, 0.1) is 17.6 Å². The molecule has 4 nitrogen and oxygen atoms in total. The molecular weight excluding hydrogens is 310 g/mol. The minimum absolute atomic E-state index is 0.0858. The molecule has 0 radical (unpaired) electrons. The summed E-state index contributed by atoms with van der Waals surface area (Å²) in [5.41, 5.74) is 2.44. The van der Waals surface area contributed by atoms with Gasteiger partial charge in [0.25, 0.3) is 5.69 Å². The highest BCUT2D eigenvalue weighted by molar-refractivity contribution is 9.10. The Morgan fingerprint density at radius 2 is 1.84 bits per heavy atom. The van der Waals surface area contributed by atoms with Gasteiger partial charge in [-0.2, -0.15) is 0 Å². The molecule has 19 heavy (non-hydrogen) atoms. The molecule has 5 heteroatoms. The summed E-state index contributed by atoms with van der Waals surface area (Å²) < 4.78 is 5.82. The van der Waals surface area contributed by atoms with Gasteiger partial charge in [-0.25, -0.2) is 0 Å². The number of aryl methyl sites for hydroxylation is 1. The summed E-state index contributed by atoms with van der Waals surface area (Å²) in [5, 5.41) is 11.1. The second kappa shape index (κ2) is 5.40. The van der Waals surface area contributed by atoms with Crippen molar-refractivity contribution in [3.63, 3.8) is 0 Å². The van der Waals surface area contributed by atoms with E-state index in [0.29, 0.717) is 5.56 Å². The fraction of sp³-hybridized carbons (Fsp3) is 0.143. The van der Waals surface area contributed by atoms with Crippen molar-refractivity contribution in [1.82, 2.24) is 0 Å². The van der Waals surface area contributed by atoms with Crippen LogP contribution in [0.2, 0.25) is 0 Å². The number of methoxy groups -OCH3 is 1. The van der Waals surface area contributed by atoms with Crippen LogP contribution in [0, 0.1) is 17.0 Å². The van der Waals surface area contributed by atoms with Crippen LogP contribution < -0.4 is 4.74 Å². The van der Waals surface area contributed by atoms with E-state index in [1.165, 1.54) is 6.07 Å². The maximum absolute atomic E-state index is 11.1. The molecule has 0 unspecified atom stereocenters. The SMILES string of the molecule is COc1ccc(-c2cc(C)c(Br)cc2[N+](=O)[O-])cc1. The van der Waals surface area contributed by atoms with Gasteiger partial charge in [-0.15, -0.1) is 0 Å². The Hall–Kier alpha value is -1.88. The average molecular weight is 322 g/mol. The zero-order valence-electron chi connectivity index (χ0n) is 10.5. The Morgan fingerprint density at radius 3 is 2.37 bits per heavy atom. The smallest absolute Gasteiger partial charge is 0.278 e. The van der Waals surface area contributed by atoms with Crippen molar-refractivity contribution in [2.24, 2.45) is 0 Å². The highest BCUT2D eigenvalue weighted by atomic mass is 79.9. The zero-order valence-corrected chi connectivity index (χ0v) is 12.1. The van der Waals surface area contributed by atoms with E-state index in [-0.39, 0.29) is 10.6 Å². The lowest BCUT2D eigenvalue weighted by molar-refractivity contribution is -0.384. The minimum Gasteiger partial charge on any atom is -0.497 e. The zero-order chi connectivity index (χ0) is 14.0. The molecule has 0 atom stereocenters. The van der Waals surface area contributed by atoms with E-state index in [0.717, 1.165) is 21.3 Å². The summed E-state index contributed by atoms with van der Waals surface area (Å²) >= 11 is 3.32. The van der Waals surface area contributed by atoms with Crippen LogP contribution in [0.1, 0.15) is 5.56 Å². The molecule has 0 heterocycles. The number of nitrogens with zero attached hydrogens (tertiary/aromatic N) is 1. The number of rotatable bonds is 3. The summed E-state index contributed by atoms with van der Waals surface area (Å²) in [5.74, 6) is 0.722. The van der Waals surface area contributed by atoms with Crippen molar-refractivity contribution in [2.75, 3.05) is 7.11 Å². The molecule has 0 N–H and O–H groups in total. The molecule has 0 saturated carbocycles. The lowest BCUT2D eigenvalue weighted by Crippen LogP contribution is -1.94. The number of halogens is 1. The molecule has 98 valence electrons. The summed E-state index contributed by atoms with van der Waals surface area (Å²) in [6, 6.07) is 10.6. The molecule has 2 aromatic rings. The van der Waals surface area contributed by atoms with Gasteiger partial charge in [0.15, 0.2) is 0 Å². The molecule has 0 aliphatic carbocycles. The molecule has 0 fully saturated rings. The van der Waals surface area contributed by atoms with Crippen molar-refractivity contribution in [3.05, 3.63) is 56.5 Å². The van der Waals surface area contributed by atoms with Crippen molar-refractivity contribution in [1.29, 1.82) is 0 Å². The standard InChI is InChI=1S/C14H12BrNO3/c1-9-7-12(14(16(17)18)8-13(9)15)10-3-5-11(19-2)6-4-10/h3-8H,1-2H3. The predicted octanol–water partition coefficient (Wildman–Crippen LogP) is 4.34. The van der Waals surface area contributed by atoms with Crippen molar-refractivity contribution < 1.29 is 9.66 Å². The van der Waals surface area contributed by atoms with Crippen molar-refractivity contribution in [3.8, 4) is 16.9 Å². The van der Waals surface area contributed by atoms with Crippen LogP contribution in [0.3, 0.4) is 0 Å². The van der Waals surface area contributed by atoms with Gasteiger partial charge in [-0.3, -0.25) is 10.1 Å². The third-order valence-corrected chi connectivity index (χ3v) is 3.73. The van der Waals surface area contributed by atoms with Crippen molar-refractivity contribution >= 4 is 21.6 Å². The van der Waals surface area contributed by atoms with E-state index < -0.39 is 0 Å². The second-order valence-corrected chi connectivity index (χ2v) is 4.96. The van der Waals surface area contributed by atoms with Gasteiger partial charge in [-0.1, -0.05) is 28.1 Å². The van der Waals surface area contributed by atoms with E-state index in [9.17, 15) is 10.1 Å². The number of nitro groups is 1. The average Bonchev–Trinajstić information content (AvgIpc) is 2.41. The highest BCUT2D eigenvalue weighted by Gasteiger charge is 2.17. The highest BCUT2D eigenvalue weighted by Crippen LogP contribution is 2.35. The Morgan fingerprint density at radius 1 is 1.21 bits per heavy atom. The van der Waals surface area contributed by atoms with Crippen LogP contribution in [0.4, 0.5) is 5.69 Å². The van der Waals surface area contributed by atoms with Crippen molar-refractivity contribution in [2.45, 2.75) is 6.92 Å². The summed E-state index contributed by atoms with van der Waals surface area (Å²) in [7, 11) is 1.58. The van der Waals surface area contributed by atoms with E-state index in [1.807, 2.05) is 25.1 Å². The number of hydrogen-bond donors (Lipinski definition) is 0. The van der Waals surface area contributed by atoms with Gasteiger partial charge in [-0.05, 0) is 36.2 Å².